The minimum absolute atomic E-state index is 0.0381. The summed E-state index contributed by atoms with van der Waals surface area (Å²) in [7, 11) is 0. The molecule has 1 aliphatic heterocycles. The predicted molar refractivity (Wildman–Crippen MR) is 103 cm³/mol. The van der Waals surface area contributed by atoms with Crippen molar-refractivity contribution in [3.8, 4) is 11.6 Å². The summed E-state index contributed by atoms with van der Waals surface area (Å²) >= 11 is 0. The molecule has 9 nitrogen and oxygen atoms in total. The van der Waals surface area contributed by atoms with Crippen LogP contribution in [0.2, 0.25) is 0 Å². The van der Waals surface area contributed by atoms with Crippen molar-refractivity contribution in [1.82, 2.24) is 20.1 Å². The molecule has 1 fully saturated rings. The monoisotopic (exact) mass is 378 g/mol. The predicted octanol–water partition coefficient (Wildman–Crippen LogP) is 3.43. The summed E-state index contributed by atoms with van der Waals surface area (Å²) < 4.78 is 5.27. The van der Waals surface area contributed by atoms with Gasteiger partial charge in [0.25, 0.3) is 5.89 Å². The van der Waals surface area contributed by atoms with E-state index in [4.69, 9.17) is 4.52 Å². The highest BCUT2D eigenvalue weighted by atomic mass is 16.6. The molecule has 4 rings (SSSR count). The molecule has 0 atom stereocenters. The summed E-state index contributed by atoms with van der Waals surface area (Å²) in [5.74, 6) is 1.31. The van der Waals surface area contributed by atoms with Crippen molar-refractivity contribution in [3.63, 3.8) is 0 Å². The van der Waals surface area contributed by atoms with Crippen molar-refractivity contribution < 1.29 is 9.45 Å². The SMILES string of the molecule is Cc1ccc([N+](=O)[O-])c(N2CCC(=Cc3noc(-c4ccccn4)n3)CC2)n1. The van der Waals surface area contributed by atoms with Crippen LogP contribution in [0.5, 0.6) is 0 Å². The summed E-state index contributed by atoms with van der Waals surface area (Å²) in [6, 6.07) is 8.67. The van der Waals surface area contributed by atoms with E-state index in [1.165, 1.54) is 11.6 Å². The first-order valence-electron chi connectivity index (χ1n) is 8.92. The van der Waals surface area contributed by atoms with E-state index in [0.717, 1.165) is 18.5 Å². The number of piperidine rings is 1. The summed E-state index contributed by atoms with van der Waals surface area (Å²) in [5.41, 5.74) is 2.60. The molecular formula is C19H18N6O3. The van der Waals surface area contributed by atoms with Gasteiger partial charge in [-0.05, 0) is 44.0 Å². The lowest BCUT2D eigenvalue weighted by Crippen LogP contribution is -2.32. The van der Waals surface area contributed by atoms with Crippen LogP contribution in [0.25, 0.3) is 17.7 Å². The Balaban J connectivity index is 1.47. The Morgan fingerprint density at radius 3 is 2.71 bits per heavy atom. The van der Waals surface area contributed by atoms with Gasteiger partial charge in [-0.15, -0.1) is 0 Å². The van der Waals surface area contributed by atoms with Gasteiger partial charge in [0.05, 0.1) is 4.92 Å². The van der Waals surface area contributed by atoms with Crippen LogP contribution in [0, 0.1) is 17.0 Å². The summed E-state index contributed by atoms with van der Waals surface area (Å²) in [5, 5.41) is 15.3. The van der Waals surface area contributed by atoms with Crippen molar-refractivity contribution in [1.29, 1.82) is 0 Å². The number of nitro groups is 1. The van der Waals surface area contributed by atoms with E-state index in [1.807, 2.05) is 36.1 Å². The second-order valence-electron chi connectivity index (χ2n) is 6.51. The lowest BCUT2D eigenvalue weighted by molar-refractivity contribution is -0.384. The Labute approximate surface area is 160 Å². The van der Waals surface area contributed by atoms with Crippen molar-refractivity contribution in [2.75, 3.05) is 18.0 Å². The van der Waals surface area contributed by atoms with Gasteiger partial charge >= 0.3 is 5.69 Å². The molecule has 4 heterocycles. The van der Waals surface area contributed by atoms with Crippen LogP contribution in [-0.2, 0) is 0 Å². The fraction of sp³-hybridized carbons (Fsp3) is 0.263. The number of aryl methyl sites for hydroxylation is 1. The maximum absolute atomic E-state index is 11.3. The van der Waals surface area contributed by atoms with Gasteiger partial charge in [-0.3, -0.25) is 15.1 Å². The molecule has 0 radical (unpaired) electrons. The van der Waals surface area contributed by atoms with Crippen LogP contribution in [-0.4, -0.2) is 38.1 Å². The van der Waals surface area contributed by atoms with Gasteiger partial charge in [-0.2, -0.15) is 4.98 Å². The average Bonchev–Trinajstić information content (AvgIpc) is 3.17. The van der Waals surface area contributed by atoms with E-state index >= 15 is 0 Å². The Bertz CT molecular complexity index is 1020. The Kier molecular flexibility index (Phi) is 4.79. The zero-order valence-corrected chi connectivity index (χ0v) is 15.3. The van der Waals surface area contributed by atoms with E-state index in [2.05, 4.69) is 20.1 Å². The number of nitrogens with zero attached hydrogens (tertiary/aromatic N) is 6. The smallest absolute Gasteiger partial charge is 0.311 e. The number of aromatic nitrogens is 4. The zero-order chi connectivity index (χ0) is 19.5. The molecule has 3 aromatic heterocycles. The van der Waals surface area contributed by atoms with Crippen LogP contribution in [0.15, 0.2) is 46.6 Å². The first-order valence-corrected chi connectivity index (χ1v) is 8.92. The van der Waals surface area contributed by atoms with Crippen LogP contribution in [0.1, 0.15) is 24.4 Å². The second kappa shape index (κ2) is 7.55. The third-order valence-electron chi connectivity index (χ3n) is 4.55. The third-order valence-corrected chi connectivity index (χ3v) is 4.55. The number of hydrogen-bond acceptors (Lipinski definition) is 8. The summed E-state index contributed by atoms with van der Waals surface area (Å²) in [6.45, 7) is 3.13. The highest BCUT2D eigenvalue weighted by Crippen LogP contribution is 2.30. The summed E-state index contributed by atoms with van der Waals surface area (Å²) in [6.07, 6.45) is 5.08. The molecule has 0 aliphatic carbocycles. The maximum atomic E-state index is 11.3. The van der Waals surface area contributed by atoms with E-state index in [0.29, 0.717) is 36.3 Å². The van der Waals surface area contributed by atoms with E-state index < -0.39 is 0 Å². The quantitative estimate of drug-likeness (QED) is 0.501. The number of rotatable bonds is 4. The molecule has 0 unspecified atom stereocenters. The topological polar surface area (TPSA) is 111 Å². The normalized spacial score (nSPS) is 14.2. The van der Waals surface area contributed by atoms with Crippen LogP contribution >= 0.6 is 0 Å². The molecule has 28 heavy (non-hydrogen) atoms. The Hall–Kier alpha value is -3.62. The van der Waals surface area contributed by atoms with Gasteiger partial charge < -0.3 is 9.42 Å². The van der Waals surface area contributed by atoms with Crippen LogP contribution in [0.4, 0.5) is 11.5 Å². The van der Waals surface area contributed by atoms with Crippen molar-refractivity contribution in [2.24, 2.45) is 0 Å². The molecule has 0 bridgehead atoms. The van der Waals surface area contributed by atoms with Gasteiger partial charge in [-0.25, -0.2) is 4.98 Å². The molecule has 3 aromatic rings. The van der Waals surface area contributed by atoms with Crippen molar-refractivity contribution >= 4 is 17.6 Å². The molecule has 0 spiro atoms. The van der Waals surface area contributed by atoms with E-state index in [1.54, 1.807) is 12.3 Å². The maximum Gasteiger partial charge on any atom is 0.311 e. The second-order valence-corrected chi connectivity index (χ2v) is 6.51. The van der Waals surface area contributed by atoms with E-state index in [9.17, 15) is 10.1 Å². The van der Waals surface area contributed by atoms with Crippen LogP contribution in [0.3, 0.4) is 0 Å². The van der Waals surface area contributed by atoms with Gasteiger partial charge in [0.15, 0.2) is 5.82 Å². The van der Waals surface area contributed by atoms with Crippen molar-refractivity contribution in [2.45, 2.75) is 19.8 Å². The van der Waals surface area contributed by atoms with Gasteiger partial charge in [0.2, 0.25) is 5.82 Å². The largest absolute Gasteiger partial charge is 0.350 e. The molecule has 1 aliphatic rings. The molecule has 0 aromatic carbocycles. The van der Waals surface area contributed by atoms with Crippen molar-refractivity contribution in [3.05, 3.63) is 63.7 Å². The number of anilines is 1. The number of pyridine rings is 2. The van der Waals surface area contributed by atoms with Crippen LogP contribution < -0.4 is 4.90 Å². The molecule has 1 saturated heterocycles. The number of hydrogen-bond donors (Lipinski definition) is 0. The lowest BCUT2D eigenvalue weighted by atomic mass is 10.0. The lowest BCUT2D eigenvalue weighted by Gasteiger charge is -2.29. The van der Waals surface area contributed by atoms with Gasteiger partial charge in [0.1, 0.15) is 5.69 Å². The fourth-order valence-electron chi connectivity index (χ4n) is 3.13. The minimum atomic E-state index is -0.383. The van der Waals surface area contributed by atoms with Gasteiger partial charge in [-0.1, -0.05) is 16.8 Å². The molecule has 0 amide bonds. The summed E-state index contributed by atoms with van der Waals surface area (Å²) in [4.78, 5) is 25.8. The first kappa shape index (κ1) is 17.8. The van der Waals surface area contributed by atoms with Gasteiger partial charge in [0, 0.05) is 31.0 Å². The molecule has 0 saturated carbocycles. The van der Waals surface area contributed by atoms with E-state index in [-0.39, 0.29) is 10.6 Å². The average molecular weight is 378 g/mol. The Morgan fingerprint density at radius 2 is 2.00 bits per heavy atom. The molecular weight excluding hydrogens is 360 g/mol. The highest BCUT2D eigenvalue weighted by Gasteiger charge is 2.24. The molecule has 142 valence electrons. The third kappa shape index (κ3) is 3.73. The standard InChI is InChI=1S/C19H18N6O3/c1-13-5-6-16(25(26)27)18(21-13)24-10-7-14(8-11-24)12-17-22-19(28-23-17)15-4-2-3-9-20-15/h2-6,9,12H,7-8,10-11H2,1H3. The Morgan fingerprint density at radius 1 is 1.18 bits per heavy atom. The minimum Gasteiger partial charge on any atom is -0.350 e. The first-order chi connectivity index (χ1) is 13.6. The molecule has 9 heteroatoms. The fourth-order valence-corrected chi connectivity index (χ4v) is 3.13. The zero-order valence-electron chi connectivity index (χ0n) is 15.3. The molecule has 0 N–H and O–H groups in total. The highest BCUT2D eigenvalue weighted by molar-refractivity contribution is 5.59.